The number of hydrogen-bond donors (Lipinski definition) is 1. The van der Waals surface area contributed by atoms with Crippen molar-refractivity contribution in [2.45, 2.75) is 6.92 Å². The lowest BCUT2D eigenvalue weighted by molar-refractivity contribution is -0.114. The van der Waals surface area contributed by atoms with Crippen LogP contribution in [0.5, 0.6) is 0 Å². The summed E-state index contributed by atoms with van der Waals surface area (Å²) in [5.41, 5.74) is 3.57. The van der Waals surface area contributed by atoms with Crippen LogP contribution in [0.15, 0.2) is 82.5 Å². The van der Waals surface area contributed by atoms with E-state index in [2.05, 4.69) is 10.1 Å². The Balaban J connectivity index is 1.50. The van der Waals surface area contributed by atoms with Crippen LogP contribution in [-0.2, 0) is 4.79 Å². The minimum absolute atomic E-state index is 0.0305. The maximum absolute atomic E-state index is 13.3. The van der Waals surface area contributed by atoms with E-state index >= 15 is 0 Å². The highest BCUT2D eigenvalue weighted by Crippen LogP contribution is 2.31. The summed E-state index contributed by atoms with van der Waals surface area (Å²) in [4.78, 5) is 16.9. The van der Waals surface area contributed by atoms with E-state index in [0.29, 0.717) is 15.9 Å². The van der Waals surface area contributed by atoms with Gasteiger partial charge < -0.3 is 4.57 Å². The minimum Gasteiger partial charge on any atom is -0.317 e. The third kappa shape index (κ3) is 3.51. The molecule has 0 saturated carbocycles. The molecule has 3 aromatic rings. The maximum Gasteiger partial charge on any atom is 0.283 e. The van der Waals surface area contributed by atoms with Gasteiger partial charge in [0.05, 0.1) is 5.57 Å². The van der Waals surface area contributed by atoms with E-state index in [1.807, 2.05) is 54.1 Å². The molecule has 2 aliphatic rings. The van der Waals surface area contributed by atoms with Crippen LogP contribution in [0.1, 0.15) is 16.8 Å². The normalized spacial score (nSPS) is 17.1. The molecule has 0 spiro atoms. The number of aryl methyl sites for hydroxylation is 1. The average molecular weight is 429 g/mol. The Bertz CT molecular complexity index is 1320. The lowest BCUT2D eigenvalue weighted by Gasteiger charge is -2.20. The fraction of sp³-hybridized carbons (Fsp3) is 0.0435. The van der Waals surface area contributed by atoms with Crippen molar-refractivity contribution in [3.05, 3.63) is 95.1 Å². The number of rotatable bonds is 3. The summed E-state index contributed by atoms with van der Waals surface area (Å²) in [6.07, 6.45) is 3.42. The number of halogens is 1. The molecule has 1 amide bonds. The van der Waals surface area contributed by atoms with Gasteiger partial charge in [0, 0.05) is 23.1 Å². The second kappa shape index (κ2) is 7.48. The maximum atomic E-state index is 13.3. The standard InChI is InChI=1S/C23H16FN5OS/c1-14-4-2-5-15(12-14)22-27-29-20(25)19(21(30)26-23(29)31-22)13-18-6-3-11-28(18)17-9-7-16(24)8-10-17/h2-13,25H,1H3/b19-13-,25-20?. The van der Waals surface area contributed by atoms with E-state index in [1.165, 1.54) is 28.9 Å². The predicted molar refractivity (Wildman–Crippen MR) is 121 cm³/mol. The molecule has 31 heavy (non-hydrogen) atoms. The number of nitrogens with zero attached hydrogens (tertiary/aromatic N) is 4. The number of benzene rings is 2. The van der Waals surface area contributed by atoms with Crippen molar-refractivity contribution in [2.75, 3.05) is 0 Å². The van der Waals surface area contributed by atoms with Gasteiger partial charge in [-0.1, -0.05) is 23.8 Å². The van der Waals surface area contributed by atoms with Crippen molar-refractivity contribution in [3.63, 3.8) is 0 Å². The van der Waals surface area contributed by atoms with Gasteiger partial charge in [-0.3, -0.25) is 10.2 Å². The highest BCUT2D eigenvalue weighted by Gasteiger charge is 2.36. The monoisotopic (exact) mass is 429 g/mol. The number of aliphatic imine (C=N–C) groups is 1. The molecular weight excluding hydrogens is 413 g/mol. The second-order valence-corrected chi connectivity index (χ2v) is 8.03. The molecule has 1 aromatic heterocycles. The van der Waals surface area contributed by atoms with Crippen molar-refractivity contribution in [1.29, 1.82) is 5.41 Å². The van der Waals surface area contributed by atoms with Crippen LogP contribution >= 0.6 is 11.8 Å². The Morgan fingerprint density at radius 1 is 1.10 bits per heavy atom. The van der Waals surface area contributed by atoms with Gasteiger partial charge in [0.25, 0.3) is 5.91 Å². The summed E-state index contributed by atoms with van der Waals surface area (Å²) in [5.74, 6) is -0.843. The zero-order valence-electron chi connectivity index (χ0n) is 16.4. The van der Waals surface area contributed by atoms with Gasteiger partial charge in [-0.2, -0.15) is 15.1 Å². The van der Waals surface area contributed by atoms with Gasteiger partial charge in [0.2, 0.25) is 5.17 Å². The number of hydrazone groups is 1. The first-order valence-electron chi connectivity index (χ1n) is 9.50. The summed E-state index contributed by atoms with van der Waals surface area (Å²) >= 11 is 1.27. The predicted octanol–water partition coefficient (Wildman–Crippen LogP) is 4.59. The summed E-state index contributed by atoms with van der Waals surface area (Å²) < 4.78 is 15.1. The van der Waals surface area contributed by atoms with Gasteiger partial charge in [-0.05, 0) is 67.2 Å². The van der Waals surface area contributed by atoms with E-state index in [1.54, 1.807) is 18.2 Å². The SMILES string of the molecule is Cc1cccc(C2=NN3C(=N)/C(=C/c4cccn4-c4ccc(F)cc4)C(=O)N=C3S2)c1. The van der Waals surface area contributed by atoms with Crippen LogP contribution in [0.4, 0.5) is 4.39 Å². The number of hydrogen-bond acceptors (Lipinski definition) is 4. The van der Waals surface area contributed by atoms with Crippen LogP contribution in [0.25, 0.3) is 11.8 Å². The summed E-state index contributed by atoms with van der Waals surface area (Å²) in [6.45, 7) is 2.00. The lowest BCUT2D eigenvalue weighted by Crippen LogP contribution is -2.35. The number of carbonyl (C=O) groups excluding carboxylic acids is 1. The van der Waals surface area contributed by atoms with Gasteiger partial charge in [-0.15, -0.1) is 0 Å². The average Bonchev–Trinajstić information content (AvgIpc) is 3.39. The van der Waals surface area contributed by atoms with Crippen molar-refractivity contribution >= 4 is 39.8 Å². The smallest absolute Gasteiger partial charge is 0.283 e. The Labute approximate surface area is 181 Å². The highest BCUT2D eigenvalue weighted by atomic mass is 32.2. The highest BCUT2D eigenvalue weighted by molar-refractivity contribution is 8.27. The molecule has 8 heteroatoms. The molecule has 0 radical (unpaired) electrons. The Morgan fingerprint density at radius 2 is 1.90 bits per heavy atom. The van der Waals surface area contributed by atoms with E-state index in [-0.39, 0.29) is 17.2 Å². The van der Waals surface area contributed by atoms with Crippen LogP contribution in [-0.4, -0.2) is 31.5 Å². The molecule has 2 aromatic carbocycles. The number of amidine groups is 2. The zero-order chi connectivity index (χ0) is 21.5. The molecular formula is C23H16FN5OS. The molecule has 5 rings (SSSR count). The summed E-state index contributed by atoms with van der Waals surface area (Å²) in [5, 5.41) is 15.6. The molecule has 0 saturated heterocycles. The van der Waals surface area contributed by atoms with Crippen LogP contribution < -0.4 is 0 Å². The van der Waals surface area contributed by atoms with E-state index in [4.69, 9.17) is 5.41 Å². The van der Waals surface area contributed by atoms with E-state index in [0.717, 1.165) is 16.8 Å². The van der Waals surface area contributed by atoms with Crippen molar-refractivity contribution in [1.82, 2.24) is 9.58 Å². The summed E-state index contributed by atoms with van der Waals surface area (Å²) in [7, 11) is 0. The summed E-state index contributed by atoms with van der Waals surface area (Å²) in [6, 6.07) is 17.6. The Morgan fingerprint density at radius 3 is 2.68 bits per heavy atom. The molecule has 152 valence electrons. The largest absolute Gasteiger partial charge is 0.317 e. The van der Waals surface area contributed by atoms with Gasteiger partial charge in [-0.25, -0.2) is 4.39 Å². The molecule has 0 fully saturated rings. The van der Waals surface area contributed by atoms with E-state index in [9.17, 15) is 9.18 Å². The Kier molecular flexibility index (Phi) is 4.63. The first-order chi connectivity index (χ1) is 15.0. The first-order valence-corrected chi connectivity index (χ1v) is 10.3. The van der Waals surface area contributed by atoms with Crippen LogP contribution in [0.3, 0.4) is 0 Å². The van der Waals surface area contributed by atoms with Crippen molar-refractivity contribution in [2.24, 2.45) is 10.1 Å². The molecule has 0 atom stereocenters. The molecule has 6 nitrogen and oxygen atoms in total. The lowest BCUT2D eigenvalue weighted by atomic mass is 10.1. The third-order valence-electron chi connectivity index (χ3n) is 4.90. The van der Waals surface area contributed by atoms with Crippen molar-refractivity contribution in [3.8, 4) is 5.69 Å². The first kappa shape index (κ1) is 19.2. The number of aromatic nitrogens is 1. The minimum atomic E-state index is -0.490. The fourth-order valence-corrected chi connectivity index (χ4v) is 4.27. The second-order valence-electron chi connectivity index (χ2n) is 7.07. The van der Waals surface area contributed by atoms with Crippen molar-refractivity contribution < 1.29 is 9.18 Å². The third-order valence-corrected chi connectivity index (χ3v) is 5.85. The number of carbonyl (C=O) groups is 1. The van der Waals surface area contributed by atoms with Gasteiger partial charge in [0.15, 0.2) is 5.84 Å². The Hall–Kier alpha value is -3.78. The van der Waals surface area contributed by atoms with E-state index < -0.39 is 5.91 Å². The molecule has 0 unspecified atom stereocenters. The number of thioether (sulfide) groups is 1. The van der Waals surface area contributed by atoms with Gasteiger partial charge >= 0.3 is 0 Å². The number of nitrogens with one attached hydrogen (secondary N) is 1. The quantitative estimate of drug-likeness (QED) is 0.619. The molecule has 2 aliphatic heterocycles. The van der Waals surface area contributed by atoms with Crippen LogP contribution in [0, 0.1) is 18.2 Å². The molecule has 3 heterocycles. The number of amides is 1. The molecule has 0 aliphatic carbocycles. The topological polar surface area (TPSA) is 73.8 Å². The zero-order valence-corrected chi connectivity index (χ0v) is 17.2. The fourth-order valence-electron chi connectivity index (χ4n) is 3.38. The molecule has 0 bridgehead atoms. The number of fused-ring (bicyclic) bond motifs is 1. The van der Waals surface area contributed by atoms with Crippen LogP contribution in [0.2, 0.25) is 0 Å². The van der Waals surface area contributed by atoms with Gasteiger partial charge in [0.1, 0.15) is 10.9 Å². The molecule has 1 N–H and O–H groups in total.